The Morgan fingerprint density at radius 2 is 2.07 bits per heavy atom. The van der Waals surface area contributed by atoms with Crippen LogP contribution in [-0.2, 0) is 0 Å². The van der Waals surface area contributed by atoms with Crippen molar-refractivity contribution in [2.45, 2.75) is 6.42 Å². The minimum atomic E-state index is 0.359. The standard InChI is InChI=1S/C9H8Cl2N4/c10-8-5-7(6-9(11)14-8)3-1-2-4-13-15-12/h1,3,5-6H,2,4H2. The van der Waals surface area contributed by atoms with E-state index in [1.54, 1.807) is 12.1 Å². The Bertz CT molecular complexity index is 390. The van der Waals surface area contributed by atoms with E-state index in [1.165, 1.54) is 0 Å². The highest BCUT2D eigenvalue weighted by Crippen LogP contribution is 2.15. The lowest BCUT2D eigenvalue weighted by Crippen LogP contribution is -1.80. The molecular weight excluding hydrogens is 235 g/mol. The average Bonchev–Trinajstić information content (AvgIpc) is 2.16. The third-order valence-corrected chi connectivity index (χ3v) is 1.94. The van der Waals surface area contributed by atoms with Gasteiger partial charge in [0.1, 0.15) is 10.3 Å². The van der Waals surface area contributed by atoms with Crippen molar-refractivity contribution >= 4 is 29.3 Å². The predicted octanol–water partition coefficient (Wildman–Crippen LogP) is 4.10. The Hall–Kier alpha value is -1.22. The molecule has 0 saturated carbocycles. The summed E-state index contributed by atoms with van der Waals surface area (Å²) in [4.78, 5) is 6.47. The van der Waals surface area contributed by atoms with Gasteiger partial charge in [0, 0.05) is 11.5 Å². The monoisotopic (exact) mass is 242 g/mol. The molecule has 0 N–H and O–H groups in total. The Kier molecular flexibility index (Phi) is 4.98. The second kappa shape index (κ2) is 6.30. The van der Waals surface area contributed by atoms with Gasteiger partial charge >= 0.3 is 0 Å². The highest BCUT2D eigenvalue weighted by atomic mass is 35.5. The van der Waals surface area contributed by atoms with Crippen LogP contribution in [0, 0.1) is 0 Å². The molecule has 0 aliphatic heterocycles. The number of rotatable bonds is 4. The maximum atomic E-state index is 8.05. The number of pyridine rings is 1. The SMILES string of the molecule is [N-]=[N+]=NCCC=Cc1cc(Cl)nc(Cl)c1. The first-order valence-corrected chi connectivity index (χ1v) is 4.98. The van der Waals surface area contributed by atoms with Crippen LogP contribution in [-0.4, -0.2) is 11.5 Å². The fourth-order valence-electron chi connectivity index (χ4n) is 0.976. The zero-order valence-corrected chi connectivity index (χ0v) is 9.28. The summed E-state index contributed by atoms with van der Waals surface area (Å²) < 4.78 is 0. The molecule has 0 atom stereocenters. The van der Waals surface area contributed by atoms with E-state index in [-0.39, 0.29) is 0 Å². The zero-order chi connectivity index (χ0) is 11.1. The number of nitrogens with zero attached hydrogens (tertiary/aromatic N) is 4. The van der Waals surface area contributed by atoms with Crippen LogP contribution in [0.5, 0.6) is 0 Å². The summed E-state index contributed by atoms with van der Waals surface area (Å²) in [6, 6.07) is 3.41. The smallest absolute Gasteiger partial charge is 0.131 e. The first kappa shape index (κ1) is 11.9. The summed E-state index contributed by atoms with van der Waals surface area (Å²) in [5.74, 6) is 0. The number of hydrogen-bond acceptors (Lipinski definition) is 2. The Balaban J connectivity index is 2.59. The number of hydrogen-bond donors (Lipinski definition) is 0. The van der Waals surface area contributed by atoms with E-state index in [4.69, 9.17) is 28.7 Å². The van der Waals surface area contributed by atoms with Gasteiger partial charge in [0.05, 0.1) is 0 Å². The van der Waals surface area contributed by atoms with E-state index in [1.807, 2.05) is 12.2 Å². The van der Waals surface area contributed by atoms with E-state index < -0.39 is 0 Å². The topological polar surface area (TPSA) is 61.7 Å². The van der Waals surface area contributed by atoms with Crippen LogP contribution < -0.4 is 0 Å². The molecule has 15 heavy (non-hydrogen) atoms. The van der Waals surface area contributed by atoms with E-state index >= 15 is 0 Å². The molecule has 0 fully saturated rings. The molecule has 0 amide bonds. The van der Waals surface area contributed by atoms with Gasteiger partial charge in [-0.05, 0) is 29.6 Å². The van der Waals surface area contributed by atoms with Gasteiger partial charge in [-0.2, -0.15) is 0 Å². The minimum absolute atomic E-state index is 0.359. The molecule has 0 radical (unpaired) electrons. The van der Waals surface area contributed by atoms with Gasteiger partial charge in [0.2, 0.25) is 0 Å². The van der Waals surface area contributed by atoms with Crippen LogP contribution in [0.25, 0.3) is 16.5 Å². The lowest BCUT2D eigenvalue weighted by molar-refractivity contribution is 0.995. The van der Waals surface area contributed by atoms with Crippen molar-refractivity contribution in [3.63, 3.8) is 0 Å². The molecule has 4 nitrogen and oxygen atoms in total. The van der Waals surface area contributed by atoms with Crippen LogP contribution in [0.1, 0.15) is 12.0 Å². The van der Waals surface area contributed by atoms with Crippen molar-refractivity contribution in [2.75, 3.05) is 6.54 Å². The van der Waals surface area contributed by atoms with Gasteiger partial charge in [0.25, 0.3) is 0 Å². The molecule has 6 heteroatoms. The third kappa shape index (κ3) is 4.70. The summed E-state index contributed by atoms with van der Waals surface area (Å²) in [5.41, 5.74) is 8.92. The summed E-state index contributed by atoms with van der Waals surface area (Å²) in [5, 5.41) is 4.12. The molecule has 0 spiro atoms. The van der Waals surface area contributed by atoms with Gasteiger partial charge in [-0.15, -0.1) is 0 Å². The van der Waals surface area contributed by atoms with Crippen molar-refractivity contribution < 1.29 is 0 Å². The predicted molar refractivity (Wildman–Crippen MR) is 61.9 cm³/mol. The highest BCUT2D eigenvalue weighted by molar-refractivity contribution is 6.32. The van der Waals surface area contributed by atoms with Crippen molar-refractivity contribution in [1.29, 1.82) is 0 Å². The van der Waals surface area contributed by atoms with Crippen LogP contribution >= 0.6 is 23.2 Å². The number of aromatic nitrogens is 1. The molecule has 1 rings (SSSR count). The van der Waals surface area contributed by atoms with Crippen LogP contribution in [0.15, 0.2) is 23.3 Å². The molecule has 0 bridgehead atoms. The number of azide groups is 1. The molecule has 1 heterocycles. The van der Waals surface area contributed by atoms with Crippen LogP contribution in [0.4, 0.5) is 0 Å². The van der Waals surface area contributed by atoms with Crippen molar-refractivity contribution in [3.8, 4) is 0 Å². The fraction of sp³-hybridized carbons (Fsp3) is 0.222. The van der Waals surface area contributed by atoms with Crippen molar-refractivity contribution in [2.24, 2.45) is 5.11 Å². The first-order valence-electron chi connectivity index (χ1n) is 4.23. The molecule has 0 saturated heterocycles. The molecule has 0 aromatic carbocycles. The van der Waals surface area contributed by atoms with Crippen molar-refractivity contribution in [3.05, 3.63) is 44.5 Å². The molecule has 0 unspecified atom stereocenters. The summed E-state index contributed by atoms with van der Waals surface area (Å²) in [6.45, 7) is 0.444. The summed E-state index contributed by atoms with van der Waals surface area (Å²) >= 11 is 11.4. The van der Waals surface area contributed by atoms with Gasteiger partial charge < -0.3 is 0 Å². The number of halogens is 2. The summed E-state index contributed by atoms with van der Waals surface area (Å²) in [6.07, 6.45) is 4.42. The Morgan fingerprint density at radius 3 is 2.67 bits per heavy atom. The maximum absolute atomic E-state index is 8.05. The largest absolute Gasteiger partial charge is 0.224 e. The van der Waals surface area contributed by atoms with Gasteiger partial charge in [-0.25, -0.2) is 4.98 Å². The lowest BCUT2D eigenvalue weighted by Gasteiger charge is -1.95. The van der Waals surface area contributed by atoms with E-state index in [0.717, 1.165) is 5.56 Å². The average molecular weight is 243 g/mol. The Labute approximate surface area is 97.2 Å². The first-order chi connectivity index (χ1) is 7.22. The van der Waals surface area contributed by atoms with E-state index in [9.17, 15) is 0 Å². The second-order valence-corrected chi connectivity index (χ2v) is 3.47. The maximum Gasteiger partial charge on any atom is 0.131 e. The Morgan fingerprint density at radius 1 is 1.40 bits per heavy atom. The van der Waals surface area contributed by atoms with Gasteiger partial charge in [-0.3, -0.25) is 0 Å². The highest BCUT2D eigenvalue weighted by Gasteiger charge is 1.95. The molecular formula is C9H8Cl2N4. The minimum Gasteiger partial charge on any atom is -0.224 e. The molecule has 0 aliphatic carbocycles. The third-order valence-electron chi connectivity index (χ3n) is 1.55. The summed E-state index contributed by atoms with van der Waals surface area (Å²) in [7, 11) is 0. The molecule has 1 aromatic rings. The fourth-order valence-corrected chi connectivity index (χ4v) is 1.45. The molecule has 1 aromatic heterocycles. The van der Waals surface area contributed by atoms with Crippen molar-refractivity contribution in [1.82, 2.24) is 4.98 Å². The van der Waals surface area contributed by atoms with Crippen LogP contribution in [0.3, 0.4) is 0 Å². The van der Waals surface area contributed by atoms with Crippen LogP contribution in [0.2, 0.25) is 10.3 Å². The second-order valence-electron chi connectivity index (χ2n) is 2.69. The normalized spacial score (nSPS) is 10.3. The quantitative estimate of drug-likeness (QED) is 0.258. The van der Waals surface area contributed by atoms with E-state index in [0.29, 0.717) is 23.3 Å². The van der Waals surface area contributed by atoms with Gasteiger partial charge in [0.15, 0.2) is 0 Å². The lowest BCUT2D eigenvalue weighted by atomic mass is 10.2. The zero-order valence-electron chi connectivity index (χ0n) is 7.77. The van der Waals surface area contributed by atoms with Gasteiger partial charge in [-0.1, -0.05) is 40.5 Å². The molecule has 78 valence electrons. The van der Waals surface area contributed by atoms with E-state index in [2.05, 4.69) is 15.0 Å². The molecule has 0 aliphatic rings.